The van der Waals surface area contributed by atoms with Crippen molar-refractivity contribution < 1.29 is 0 Å². The van der Waals surface area contributed by atoms with E-state index in [2.05, 4.69) is 34.8 Å². The van der Waals surface area contributed by atoms with Gasteiger partial charge in [-0.3, -0.25) is 0 Å². The molecule has 0 fully saturated rings. The van der Waals surface area contributed by atoms with Crippen LogP contribution < -0.4 is 0 Å². The smallest absolute Gasteiger partial charge is 0.164 e. The lowest BCUT2D eigenvalue weighted by molar-refractivity contribution is 1.07. The Morgan fingerprint density at radius 3 is 1.21 bits per heavy atom. The van der Waals surface area contributed by atoms with Crippen LogP contribution >= 0.6 is 15.9 Å². The summed E-state index contributed by atoms with van der Waals surface area (Å²) in [6, 6.07) is 27.9. The second-order valence-corrected chi connectivity index (χ2v) is 7.17. The molecule has 4 rings (SSSR count). The Balaban J connectivity index is 0.000000706. The molecule has 0 aliphatic carbocycles. The summed E-state index contributed by atoms with van der Waals surface area (Å²) < 4.78 is 1.02. The molecule has 0 saturated heterocycles. The molecule has 0 aliphatic rings. The highest BCUT2D eigenvalue weighted by Gasteiger charge is 2.11. The molecule has 4 heteroatoms. The third-order valence-corrected chi connectivity index (χ3v) is 4.33. The molecule has 0 bridgehead atoms. The highest BCUT2D eigenvalue weighted by molar-refractivity contribution is 9.10. The summed E-state index contributed by atoms with van der Waals surface area (Å²) in [6.07, 6.45) is 1.25. The zero-order chi connectivity index (χ0) is 19.8. The fourth-order valence-corrected chi connectivity index (χ4v) is 2.80. The van der Waals surface area contributed by atoms with Crippen LogP contribution in [0, 0.1) is 0 Å². The van der Waals surface area contributed by atoms with Crippen molar-refractivity contribution in [2.45, 2.75) is 20.3 Å². The summed E-state index contributed by atoms with van der Waals surface area (Å²) >= 11 is 3.47. The molecule has 0 N–H and O–H groups in total. The van der Waals surface area contributed by atoms with Gasteiger partial charge in [-0.05, 0) is 12.1 Å². The van der Waals surface area contributed by atoms with Gasteiger partial charge in [-0.25, -0.2) is 15.0 Å². The number of hydrogen-bond donors (Lipinski definition) is 0. The van der Waals surface area contributed by atoms with Crippen molar-refractivity contribution in [3.05, 3.63) is 89.4 Å². The van der Waals surface area contributed by atoms with Crippen LogP contribution in [0.2, 0.25) is 0 Å². The summed E-state index contributed by atoms with van der Waals surface area (Å²) in [5.41, 5.74) is 2.90. The molecule has 1 aromatic heterocycles. The number of nitrogens with zero attached hydrogens (tertiary/aromatic N) is 3. The van der Waals surface area contributed by atoms with Crippen molar-refractivity contribution in [3.8, 4) is 34.2 Å². The van der Waals surface area contributed by atoms with E-state index in [-0.39, 0.29) is 0 Å². The molecule has 4 aromatic rings. The molecule has 3 aromatic carbocycles. The number of aromatic nitrogens is 3. The second-order valence-electron chi connectivity index (χ2n) is 6.25. The number of rotatable bonds is 3. The van der Waals surface area contributed by atoms with E-state index in [0.29, 0.717) is 17.5 Å². The Hall–Kier alpha value is -2.85. The molecule has 28 heavy (non-hydrogen) atoms. The fraction of sp³-hybridized carbons (Fsp3) is 0.125. The predicted molar refractivity (Wildman–Crippen MR) is 120 cm³/mol. The third-order valence-electron chi connectivity index (χ3n) is 3.80. The fourth-order valence-electron chi connectivity index (χ4n) is 2.54. The van der Waals surface area contributed by atoms with Crippen molar-refractivity contribution in [1.29, 1.82) is 0 Å². The number of halogens is 1. The van der Waals surface area contributed by atoms with Gasteiger partial charge in [-0.1, -0.05) is 109 Å². The average molecular weight is 432 g/mol. The van der Waals surface area contributed by atoms with Gasteiger partial charge in [0.25, 0.3) is 0 Å². The SMILES string of the molecule is Brc1ccc(-c2nc(-c3ccccc3)nc(-c3ccccc3)n2)cc1.CCC. The van der Waals surface area contributed by atoms with E-state index in [4.69, 9.17) is 9.97 Å². The summed E-state index contributed by atoms with van der Waals surface area (Å²) in [5, 5.41) is 0. The van der Waals surface area contributed by atoms with Gasteiger partial charge in [0.2, 0.25) is 0 Å². The molecule has 0 amide bonds. The van der Waals surface area contributed by atoms with Crippen LogP contribution in [-0.4, -0.2) is 15.0 Å². The Morgan fingerprint density at radius 1 is 0.536 bits per heavy atom. The van der Waals surface area contributed by atoms with Gasteiger partial charge in [-0.15, -0.1) is 0 Å². The summed E-state index contributed by atoms with van der Waals surface area (Å²) in [7, 11) is 0. The van der Waals surface area contributed by atoms with Crippen LogP contribution in [0.4, 0.5) is 0 Å². The zero-order valence-corrected chi connectivity index (χ0v) is 17.6. The van der Waals surface area contributed by atoms with Gasteiger partial charge in [0.1, 0.15) is 0 Å². The Labute approximate surface area is 174 Å². The minimum absolute atomic E-state index is 0.667. The van der Waals surface area contributed by atoms with Gasteiger partial charge < -0.3 is 0 Å². The largest absolute Gasteiger partial charge is 0.208 e. The van der Waals surface area contributed by atoms with E-state index in [1.54, 1.807) is 0 Å². The minimum Gasteiger partial charge on any atom is -0.208 e. The van der Waals surface area contributed by atoms with Crippen LogP contribution in [-0.2, 0) is 0 Å². The van der Waals surface area contributed by atoms with Crippen molar-refractivity contribution in [2.75, 3.05) is 0 Å². The zero-order valence-electron chi connectivity index (χ0n) is 16.0. The van der Waals surface area contributed by atoms with E-state index < -0.39 is 0 Å². The molecule has 0 radical (unpaired) electrons. The van der Waals surface area contributed by atoms with Crippen molar-refractivity contribution >= 4 is 15.9 Å². The lowest BCUT2D eigenvalue weighted by Gasteiger charge is -2.08. The molecular formula is C24H22BrN3. The maximum absolute atomic E-state index is 4.69. The van der Waals surface area contributed by atoms with E-state index in [1.165, 1.54) is 6.42 Å². The van der Waals surface area contributed by atoms with Gasteiger partial charge in [0.15, 0.2) is 17.5 Å². The Morgan fingerprint density at radius 2 is 0.857 bits per heavy atom. The predicted octanol–water partition coefficient (Wildman–Crippen LogP) is 7.05. The van der Waals surface area contributed by atoms with Crippen LogP contribution in [0.3, 0.4) is 0 Å². The van der Waals surface area contributed by atoms with Crippen LogP contribution in [0.5, 0.6) is 0 Å². The van der Waals surface area contributed by atoms with Crippen LogP contribution in [0.15, 0.2) is 89.4 Å². The van der Waals surface area contributed by atoms with E-state index >= 15 is 0 Å². The van der Waals surface area contributed by atoms with Gasteiger partial charge in [0, 0.05) is 21.2 Å². The molecule has 1 heterocycles. The monoisotopic (exact) mass is 431 g/mol. The molecule has 0 aliphatic heterocycles. The normalized spacial score (nSPS) is 10.1. The lowest BCUT2D eigenvalue weighted by atomic mass is 10.1. The molecule has 0 atom stereocenters. The topological polar surface area (TPSA) is 38.7 Å². The summed E-state index contributed by atoms with van der Waals surface area (Å²) in [5.74, 6) is 2.01. The first-order valence-electron chi connectivity index (χ1n) is 9.34. The maximum Gasteiger partial charge on any atom is 0.164 e. The number of hydrogen-bond acceptors (Lipinski definition) is 3. The molecule has 0 spiro atoms. The Bertz CT molecular complexity index is 943. The average Bonchev–Trinajstić information content (AvgIpc) is 2.76. The highest BCUT2D eigenvalue weighted by atomic mass is 79.9. The maximum atomic E-state index is 4.69. The Kier molecular flexibility index (Phi) is 7.04. The highest BCUT2D eigenvalue weighted by Crippen LogP contribution is 2.25. The molecule has 0 unspecified atom stereocenters. The quantitative estimate of drug-likeness (QED) is 0.348. The van der Waals surface area contributed by atoms with Crippen LogP contribution in [0.25, 0.3) is 34.2 Å². The third kappa shape index (κ3) is 5.11. The van der Waals surface area contributed by atoms with E-state index in [9.17, 15) is 0 Å². The van der Waals surface area contributed by atoms with Crippen molar-refractivity contribution in [2.24, 2.45) is 0 Å². The van der Waals surface area contributed by atoms with Gasteiger partial charge in [0.05, 0.1) is 0 Å². The van der Waals surface area contributed by atoms with E-state index in [1.807, 2.05) is 84.9 Å². The first-order valence-corrected chi connectivity index (χ1v) is 10.1. The number of benzene rings is 3. The first kappa shape index (κ1) is 19.9. The summed E-state index contributed by atoms with van der Waals surface area (Å²) in [4.78, 5) is 14.1. The minimum atomic E-state index is 0.667. The van der Waals surface area contributed by atoms with Gasteiger partial charge in [-0.2, -0.15) is 0 Å². The van der Waals surface area contributed by atoms with E-state index in [0.717, 1.165) is 21.2 Å². The molecular weight excluding hydrogens is 410 g/mol. The summed E-state index contributed by atoms with van der Waals surface area (Å²) in [6.45, 7) is 4.25. The van der Waals surface area contributed by atoms with Crippen LogP contribution in [0.1, 0.15) is 20.3 Å². The molecule has 140 valence electrons. The van der Waals surface area contributed by atoms with Gasteiger partial charge >= 0.3 is 0 Å². The molecule has 0 saturated carbocycles. The first-order chi connectivity index (χ1) is 13.7. The molecule has 3 nitrogen and oxygen atoms in total. The van der Waals surface area contributed by atoms with Crippen molar-refractivity contribution in [1.82, 2.24) is 15.0 Å². The second kappa shape index (κ2) is 9.90. The standard InChI is InChI=1S/C21H14BrN3.C3H8/c22-18-13-11-17(12-14-18)21-24-19(15-7-3-1-4-8-15)23-20(25-21)16-9-5-2-6-10-16;1-3-2/h1-14H;3H2,1-2H3. The van der Waals surface area contributed by atoms with Crippen molar-refractivity contribution in [3.63, 3.8) is 0 Å². The lowest BCUT2D eigenvalue weighted by Crippen LogP contribution is -1.99.